The van der Waals surface area contributed by atoms with Crippen LogP contribution in [0.4, 0.5) is 0 Å². The van der Waals surface area contributed by atoms with Crippen molar-refractivity contribution in [2.75, 3.05) is 39.4 Å². The molecule has 0 spiro atoms. The molecule has 2 fully saturated rings. The minimum atomic E-state index is 0.266. The fraction of sp³-hybridized carbons (Fsp3) is 1.00. The van der Waals surface area contributed by atoms with Crippen LogP contribution < -0.4 is 5.32 Å². The third-order valence-electron chi connectivity index (χ3n) is 3.16. The summed E-state index contributed by atoms with van der Waals surface area (Å²) in [5.74, 6) is 0. The minimum absolute atomic E-state index is 0.266. The Morgan fingerprint density at radius 2 is 2.27 bits per heavy atom. The van der Waals surface area contributed by atoms with Gasteiger partial charge in [-0.05, 0) is 13.8 Å². The van der Waals surface area contributed by atoms with Crippen molar-refractivity contribution >= 4 is 0 Å². The number of morpholine rings is 1. The number of hydrogen-bond acceptors (Lipinski definition) is 4. The Kier molecular flexibility index (Phi) is 3.97. The van der Waals surface area contributed by atoms with Gasteiger partial charge in [-0.1, -0.05) is 0 Å². The predicted octanol–water partition coefficient (Wildman–Crippen LogP) is 0.0840. The largest absolute Gasteiger partial charge is 0.373 e. The molecular weight excluding hydrogens is 192 g/mol. The summed E-state index contributed by atoms with van der Waals surface area (Å²) in [4.78, 5) is 2.45. The third kappa shape index (κ3) is 3.14. The van der Waals surface area contributed by atoms with Gasteiger partial charge in [0.2, 0.25) is 0 Å². The van der Waals surface area contributed by atoms with Crippen molar-refractivity contribution < 1.29 is 9.47 Å². The van der Waals surface area contributed by atoms with Crippen molar-refractivity contribution in [2.24, 2.45) is 0 Å². The van der Waals surface area contributed by atoms with Gasteiger partial charge in [0.1, 0.15) is 0 Å². The third-order valence-corrected chi connectivity index (χ3v) is 3.16. The number of nitrogens with zero attached hydrogens (tertiary/aromatic N) is 1. The van der Waals surface area contributed by atoms with E-state index in [-0.39, 0.29) is 6.10 Å². The molecule has 88 valence electrons. The number of hydrogen-bond donors (Lipinski definition) is 1. The molecule has 2 aliphatic heterocycles. The molecule has 1 atom stereocenters. The molecule has 1 N–H and O–H groups in total. The van der Waals surface area contributed by atoms with E-state index in [0.29, 0.717) is 12.1 Å². The van der Waals surface area contributed by atoms with Gasteiger partial charge < -0.3 is 14.8 Å². The molecule has 2 saturated heterocycles. The number of nitrogens with one attached hydrogen (secondary N) is 1. The van der Waals surface area contributed by atoms with E-state index in [1.54, 1.807) is 0 Å². The first-order chi connectivity index (χ1) is 7.25. The van der Waals surface area contributed by atoms with Gasteiger partial charge in [-0.15, -0.1) is 0 Å². The highest BCUT2D eigenvalue weighted by Gasteiger charge is 2.24. The molecule has 0 saturated carbocycles. The Balaban J connectivity index is 1.67. The molecule has 0 aromatic rings. The summed E-state index contributed by atoms with van der Waals surface area (Å²) < 4.78 is 11.4. The average Bonchev–Trinajstić information content (AvgIpc) is 2.16. The lowest BCUT2D eigenvalue weighted by Gasteiger charge is -2.36. The second kappa shape index (κ2) is 5.25. The van der Waals surface area contributed by atoms with Crippen molar-refractivity contribution in [3.8, 4) is 0 Å². The zero-order chi connectivity index (χ0) is 10.7. The van der Waals surface area contributed by atoms with Gasteiger partial charge in [0.15, 0.2) is 0 Å². The fourth-order valence-electron chi connectivity index (χ4n) is 1.94. The molecule has 0 radical (unpaired) electrons. The van der Waals surface area contributed by atoms with Crippen molar-refractivity contribution in [1.82, 2.24) is 10.2 Å². The second-order valence-corrected chi connectivity index (χ2v) is 4.70. The van der Waals surface area contributed by atoms with Crippen LogP contribution in [0.1, 0.15) is 13.8 Å². The van der Waals surface area contributed by atoms with Crippen molar-refractivity contribution in [1.29, 1.82) is 0 Å². The lowest BCUT2D eigenvalue weighted by molar-refractivity contribution is -0.0974. The van der Waals surface area contributed by atoms with E-state index in [1.165, 1.54) is 0 Å². The highest BCUT2D eigenvalue weighted by Crippen LogP contribution is 2.10. The van der Waals surface area contributed by atoms with Crippen LogP contribution in [0.25, 0.3) is 0 Å². The molecule has 0 aliphatic carbocycles. The Hall–Kier alpha value is -0.160. The summed E-state index contributed by atoms with van der Waals surface area (Å²) in [5, 5.41) is 3.20. The van der Waals surface area contributed by atoms with E-state index in [9.17, 15) is 0 Å². The van der Waals surface area contributed by atoms with Crippen LogP contribution in [0.3, 0.4) is 0 Å². The van der Waals surface area contributed by atoms with Gasteiger partial charge in [-0.25, -0.2) is 0 Å². The smallest absolute Gasteiger partial charge is 0.0935 e. The molecule has 0 aromatic carbocycles. The normalized spacial score (nSPS) is 29.4. The molecule has 1 unspecified atom stereocenters. The maximum Gasteiger partial charge on any atom is 0.0935 e. The van der Waals surface area contributed by atoms with E-state index in [2.05, 4.69) is 24.1 Å². The van der Waals surface area contributed by atoms with Gasteiger partial charge in [-0.2, -0.15) is 0 Å². The van der Waals surface area contributed by atoms with Crippen LogP contribution in [0, 0.1) is 0 Å². The Labute approximate surface area is 91.9 Å². The van der Waals surface area contributed by atoms with Gasteiger partial charge in [-0.3, -0.25) is 4.90 Å². The molecule has 0 bridgehead atoms. The quantitative estimate of drug-likeness (QED) is 0.719. The fourth-order valence-corrected chi connectivity index (χ4v) is 1.94. The average molecular weight is 214 g/mol. The summed E-state index contributed by atoms with van der Waals surface area (Å²) in [6, 6.07) is 0.613. The zero-order valence-corrected chi connectivity index (χ0v) is 9.74. The SMILES string of the molecule is CC(C)N1CCOC(COC2CNC2)C1. The van der Waals surface area contributed by atoms with E-state index in [1.807, 2.05) is 0 Å². The van der Waals surface area contributed by atoms with E-state index < -0.39 is 0 Å². The number of rotatable bonds is 4. The van der Waals surface area contributed by atoms with Gasteiger partial charge in [0, 0.05) is 32.2 Å². The second-order valence-electron chi connectivity index (χ2n) is 4.70. The van der Waals surface area contributed by atoms with Crippen molar-refractivity contribution in [2.45, 2.75) is 32.1 Å². The Morgan fingerprint density at radius 1 is 1.47 bits per heavy atom. The zero-order valence-electron chi connectivity index (χ0n) is 9.74. The first-order valence-corrected chi connectivity index (χ1v) is 5.93. The molecule has 2 heterocycles. The monoisotopic (exact) mass is 214 g/mol. The van der Waals surface area contributed by atoms with Crippen molar-refractivity contribution in [3.05, 3.63) is 0 Å². The molecule has 2 aliphatic rings. The predicted molar refractivity (Wildman–Crippen MR) is 59.1 cm³/mol. The van der Waals surface area contributed by atoms with Crippen LogP contribution in [-0.4, -0.2) is 62.5 Å². The van der Waals surface area contributed by atoms with Gasteiger partial charge >= 0.3 is 0 Å². The number of ether oxygens (including phenoxy) is 2. The molecule has 2 rings (SSSR count). The molecule has 0 amide bonds. The first kappa shape index (κ1) is 11.3. The molecular formula is C11H22N2O2. The van der Waals surface area contributed by atoms with Crippen LogP contribution in [-0.2, 0) is 9.47 Å². The van der Waals surface area contributed by atoms with Gasteiger partial charge in [0.25, 0.3) is 0 Å². The van der Waals surface area contributed by atoms with E-state index in [0.717, 1.165) is 39.4 Å². The van der Waals surface area contributed by atoms with Crippen molar-refractivity contribution in [3.63, 3.8) is 0 Å². The summed E-state index contributed by atoms with van der Waals surface area (Å²) in [6.45, 7) is 10.1. The molecule has 0 aromatic heterocycles. The van der Waals surface area contributed by atoms with Crippen LogP contribution in [0.15, 0.2) is 0 Å². The van der Waals surface area contributed by atoms with E-state index >= 15 is 0 Å². The summed E-state index contributed by atoms with van der Waals surface area (Å²) in [6.07, 6.45) is 0.685. The van der Waals surface area contributed by atoms with Crippen LogP contribution >= 0.6 is 0 Å². The highest BCUT2D eigenvalue weighted by atomic mass is 16.5. The van der Waals surface area contributed by atoms with E-state index in [4.69, 9.17) is 9.47 Å². The summed E-state index contributed by atoms with van der Waals surface area (Å²) in [5.41, 5.74) is 0. The summed E-state index contributed by atoms with van der Waals surface area (Å²) in [7, 11) is 0. The maximum absolute atomic E-state index is 5.73. The highest BCUT2D eigenvalue weighted by molar-refractivity contribution is 4.78. The lowest BCUT2D eigenvalue weighted by Crippen LogP contribution is -2.52. The van der Waals surface area contributed by atoms with Crippen LogP contribution in [0.5, 0.6) is 0 Å². The lowest BCUT2D eigenvalue weighted by atomic mass is 10.2. The standard InChI is InChI=1S/C11H22N2O2/c1-9(2)13-3-4-14-11(7-13)8-15-10-5-12-6-10/h9-12H,3-8H2,1-2H3. The topological polar surface area (TPSA) is 33.7 Å². The minimum Gasteiger partial charge on any atom is -0.373 e. The van der Waals surface area contributed by atoms with Crippen LogP contribution in [0.2, 0.25) is 0 Å². The maximum atomic E-state index is 5.73. The van der Waals surface area contributed by atoms with Gasteiger partial charge in [0.05, 0.1) is 25.4 Å². The molecule has 4 nitrogen and oxygen atoms in total. The first-order valence-electron chi connectivity index (χ1n) is 5.93. The Morgan fingerprint density at radius 3 is 2.87 bits per heavy atom. The summed E-state index contributed by atoms with van der Waals surface area (Å²) >= 11 is 0. The Bertz CT molecular complexity index is 195. The molecule has 15 heavy (non-hydrogen) atoms. The molecule has 4 heteroatoms.